The Kier molecular flexibility index (Phi) is 3.31. The van der Waals surface area contributed by atoms with E-state index in [9.17, 15) is 0 Å². The molecular formula is C12H14BrN3S. The van der Waals surface area contributed by atoms with Crippen LogP contribution in [0.2, 0.25) is 0 Å². The molecule has 0 atom stereocenters. The minimum Gasteiger partial charge on any atom is -0.317 e. The second-order valence-corrected chi connectivity index (χ2v) is 6.19. The Bertz CT molecular complexity index is 499. The third-order valence-corrected chi connectivity index (χ3v) is 4.91. The van der Waals surface area contributed by atoms with Crippen molar-refractivity contribution in [1.29, 1.82) is 0 Å². The van der Waals surface area contributed by atoms with Crippen LogP contribution in [0.15, 0.2) is 22.0 Å². The molecule has 0 aliphatic carbocycles. The smallest absolute Gasteiger partial charge is 0.102 e. The fourth-order valence-electron chi connectivity index (χ4n) is 2.25. The van der Waals surface area contributed by atoms with Gasteiger partial charge in [-0.1, -0.05) is 0 Å². The van der Waals surface area contributed by atoms with E-state index in [0.29, 0.717) is 5.92 Å². The highest BCUT2D eigenvalue weighted by Gasteiger charge is 2.18. The van der Waals surface area contributed by atoms with E-state index in [2.05, 4.69) is 49.0 Å². The minimum absolute atomic E-state index is 0.640. The first-order chi connectivity index (χ1) is 8.33. The number of hydrogen-bond donors (Lipinski definition) is 2. The first-order valence-corrected chi connectivity index (χ1v) is 7.50. The Balaban J connectivity index is 1.82. The van der Waals surface area contributed by atoms with Crippen molar-refractivity contribution in [3.8, 4) is 10.6 Å². The summed E-state index contributed by atoms with van der Waals surface area (Å²) in [5.41, 5.74) is 2.35. The number of rotatable bonds is 2. The Morgan fingerprint density at radius 3 is 2.82 bits per heavy atom. The van der Waals surface area contributed by atoms with Crippen molar-refractivity contribution in [2.45, 2.75) is 18.8 Å². The van der Waals surface area contributed by atoms with Crippen LogP contribution in [0.25, 0.3) is 10.6 Å². The van der Waals surface area contributed by atoms with E-state index in [1.807, 2.05) is 0 Å². The highest BCUT2D eigenvalue weighted by atomic mass is 79.9. The molecule has 1 saturated heterocycles. The Morgan fingerprint density at radius 2 is 2.12 bits per heavy atom. The predicted molar refractivity (Wildman–Crippen MR) is 74.4 cm³/mol. The fraction of sp³-hybridized carbons (Fsp3) is 0.417. The molecule has 3 nitrogen and oxygen atoms in total. The van der Waals surface area contributed by atoms with Gasteiger partial charge in [0.05, 0.1) is 4.88 Å². The highest BCUT2D eigenvalue weighted by molar-refractivity contribution is 9.10. The van der Waals surface area contributed by atoms with Crippen LogP contribution in [-0.4, -0.2) is 23.3 Å². The number of nitrogens with zero attached hydrogens (tertiary/aromatic N) is 1. The number of aromatic nitrogens is 2. The third kappa shape index (κ3) is 2.46. The van der Waals surface area contributed by atoms with Crippen LogP contribution in [0.3, 0.4) is 0 Å². The van der Waals surface area contributed by atoms with E-state index in [4.69, 9.17) is 0 Å². The van der Waals surface area contributed by atoms with Gasteiger partial charge in [0.2, 0.25) is 0 Å². The minimum atomic E-state index is 0.640. The predicted octanol–water partition coefficient (Wildman–Crippen LogP) is 3.37. The lowest BCUT2D eigenvalue weighted by Crippen LogP contribution is -2.26. The standard InChI is InChI=1S/C12H14BrN3S/c13-9-5-12(17-7-9)11-6-10(15-16-11)8-1-3-14-4-2-8/h5-8,14H,1-4H2,(H,15,16). The molecule has 3 heterocycles. The lowest BCUT2D eigenvalue weighted by Gasteiger charge is -2.20. The highest BCUT2D eigenvalue weighted by Crippen LogP contribution is 2.31. The van der Waals surface area contributed by atoms with Crippen LogP contribution in [0, 0.1) is 0 Å². The number of thiophene rings is 1. The number of H-pyrrole nitrogens is 1. The Hall–Kier alpha value is -0.650. The average Bonchev–Trinajstić information content (AvgIpc) is 2.98. The van der Waals surface area contributed by atoms with Gasteiger partial charge in [0.15, 0.2) is 0 Å². The van der Waals surface area contributed by atoms with E-state index in [-0.39, 0.29) is 0 Å². The topological polar surface area (TPSA) is 40.7 Å². The van der Waals surface area contributed by atoms with Crippen LogP contribution in [0.5, 0.6) is 0 Å². The van der Waals surface area contributed by atoms with E-state index in [1.54, 1.807) is 11.3 Å². The molecule has 0 amide bonds. The maximum Gasteiger partial charge on any atom is 0.102 e. The number of nitrogens with one attached hydrogen (secondary N) is 2. The molecular weight excluding hydrogens is 298 g/mol. The molecule has 5 heteroatoms. The zero-order chi connectivity index (χ0) is 11.7. The number of piperidine rings is 1. The zero-order valence-electron chi connectivity index (χ0n) is 9.37. The molecule has 90 valence electrons. The lowest BCUT2D eigenvalue weighted by atomic mass is 9.94. The summed E-state index contributed by atoms with van der Waals surface area (Å²) < 4.78 is 1.13. The van der Waals surface area contributed by atoms with Crippen molar-refractivity contribution in [2.24, 2.45) is 0 Å². The van der Waals surface area contributed by atoms with Gasteiger partial charge in [-0.3, -0.25) is 5.10 Å². The molecule has 2 N–H and O–H groups in total. The molecule has 1 fully saturated rings. The summed E-state index contributed by atoms with van der Waals surface area (Å²) in [4.78, 5) is 1.22. The van der Waals surface area contributed by atoms with Crippen molar-refractivity contribution in [3.05, 3.63) is 27.7 Å². The quantitative estimate of drug-likeness (QED) is 0.892. The summed E-state index contributed by atoms with van der Waals surface area (Å²) in [6.45, 7) is 2.23. The van der Waals surface area contributed by atoms with Crippen molar-refractivity contribution in [3.63, 3.8) is 0 Å². The molecule has 0 radical (unpaired) electrons. The SMILES string of the molecule is Brc1csc(-c2cc(C3CCNCC3)[nH]n2)c1. The summed E-state index contributed by atoms with van der Waals surface area (Å²) in [5, 5.41) is 13.1. The van der Waals surface area contributed by atoms with Crippen LogP contribution in [0.4, 0.5) is 0 Å². The molecule has 0 unspecified atom stereocenters. The molecule has 3 rings (SSSR count). The van der Waals surface area contributed by atoms with Gasteiger partial charge in [0.1, 0.15) is 5.69 Å². The number of halogens is 1. The van der Waals surface area contributed by atoms with Crippen LogP contribution < -0.4 is 5.32 Å². The van der Waals surface area contributed by atoms with Crippen LogP contribution >= 0.6 is 27.3 Å². The van der Waals surface area contributed by atoms with Crippen LogP contribution in [0.1, 0.15) is 24.5 Å². The maximum atomic E-state index is 4.42. The summed E-state index contributed by atoms with van der Waals surface area (Å²) in [7, 11) is 0. The molecule has 2 aromatic heterocycles. The van der Waals surface area contributed by atoms with E-state index >= 15 is 0 Å². The first kappa shape index (κ1) is 11.4. The monoisotopic (exact) mass is 311 g/mol. The Labute approximate surface area is 113 Å². The largest absolute Gasteiger partial charge is 0.317 e. The average molecular weight is 312 g/mol. The van der Waals surface area contributed by atoms with Gasteiger partial charge < -0.3 is 5.32 Å². The molecule has 0 aromatic carbocycles. The van der Waals surface area contributed by atoms with Gasteiger partial charge in [-0.25, -0.2) is 0 Å². The molecule has 0 spiro atoms. The van der Waals surface area contributed by atoms with E-state index in [0.717, 1.165) is 23.3 Å². The molecule has 1 aliphatic rings. The van der Waals surface area contributed by atoms with Crippen molar-refractivity contribution in [2.75, 3.05) is 13.1 Å². The summed E-state index contributed by atoms with van der Waals surface area (Å²) in [5.74, 6) is 0.640. The van der Waals surface area contributed by atoms with Gasteiger partial charge in [-0.05, 0) is 54.0 Å². The summed E-state index contributed by atoms with van der Waals surface area (Å²) in [6.07, 6.45) is 2.41. The molecule has 0 bridgehead atoms. The van der Waals surface area contributed by atoms with Gasteiger partial charge >= 0.3 is 0 Å². The maximum absolute atomic E-state index is 4.42. The second kappa shape index (κ2) is 4.92. The van der Waals surface area contributed by atoms with Gasteiger partial charge in [-0.2, -0.15) is 5.10 Å². The second-order valence-electron chi connectivity index (χ2n) is 4.36. The van der Waals surface area contributed by atoms with Gasteiger partial charge in [0, 0.05) is 21.5 Å². The molecule has 0 saturated carbocycles. The Morgan fingerprint density at radius 1 is 1.29 bits per heavy atom. The molecule has 17 heavy (non-hydrogen) atoms. The molecule has 2 aromatic rings. The third-order valence-electron chi connectivity index (χ3n) is 3.20. The first-order valence-electron chi connectivity index (χ1n) is 5.83. The van der Waals surface area contributed by atoms with Crippen molar-refractivity contribution < 1.29 is 0 Å². The fourth-order valence-corrected chi connectivity index (χ4v) is 3.64. The van der Waals surface area contributed by atoms with E-state index < -0.39 is 0 Å². The van der Waals surface area contributed by atoms with Gasteiger partial charge in [0.25, 0.3) is 0 Å². The normalized spacial score (nSPS) is 17.5. The number of aromatic amines is 1. The van der Waals surface area contributed by atoms with Gasteiger partial charge in [-0.15, -0.1) is 11.3 Å². The molecule has 1 aliphatic heterocycles. The zero-order valence-corrected chi connectivity index (χ0v) is 11.8. The van der Waals surface area contributed by atoms with Crippen LogP contribution in [-0.2, 0) is 0 Å². The van der Waals surface area contributed by atoms with Crippen molar-refractivity contribution >= 4 is 27.3 Å². The summed E-state index contributed by atoms with van der Waals surface area (Å²) in [6, 6.07) is 4.32. The van der Waals surface area contributed by atoms with Crippen molar-refractivity contribution in [1.82, 2.24) is 15.5 Å². The number of hydrogen-bond acceptors (Lipinski definition) is 3. The van der Waals surface area contributed by atoms with E-state index in [1.165, 1.54) is 23.4 Å². The lowest BCUT2D eigenvalue weighted by molar-refractivity contribution is 0.453. The summed E-state index contributed by atoms with van der Waals surface area (Å²) >= 11 is 5.20.